The third-order valence-electron chi connectivity index (χ3n) is 7.08. The summed E-state index contributed by atoms with van der Waals surface area (Å²) in [4.78, 5) is 11.7. The van der Waals surface area contributed by atoms with Crippen molar-refractivity contribution in [1.82, 2.24) is 0 Å². The molecule has 182 valence electrons. The van der Waals surface area contributed by atoms with Crippen LogP contribution in [0.5, 0.6) is 17.2 Å². The van der Waals surface area contributed by atoms with Gasteiger partial charge in [0.05, 0.1) is 27.2 Å². The number of rotatable bonds is 6. The number of carbonyl (C=O) groups is 1. The van der Waals surface area contributed by atoms with Crippen molar-refractivity contribution in [3.63, 3.8) is 0 Å². The van der Waals surface area contributed by atoms with Crippen LogP contribution in [-0.4, -0.2) is 26.8 Å². The maximum absolute atomic E-state index is 15.1. The van der Waals surface area contributed by atoms with E-state index in [0.717, 1.165) is 45.6 Å². The molecular weight excluding hydrogens is 447 g/mol. The van der Waals surface area contributed by atoms with Gasteiger partial charge in [0.1, 0.15) is 29.2 Å². The first-order chi connectivity index (χ1) is 16.9. The Balaban J connectivity index is 1.43. The number of aryl methyl sites for hydroxylation is 2. The van der Waals surface area contributed by atoms with Crippen LogP contribution >= 0.6 is 0 Å². The van der Waals surface area contributed by atoms with Crippen molar-refractivity contribution >= 4 is 5.97 Å². The molecule has 35 heavy (non-hydrogen) atoms. The molecule has 0 spiro atoms. The summed E-state index contributed by atoms with van der Waals surface area (Å²) in [7, 11) is 3.05. The first kappa shape index (κ1) is 23.2. The quantitative estimate of drug-likeness (QED) is 0.395. The molecule has 0 saturated carbocycles. The van der Waals surface area contributed by atoms with Gasteiger partial charge in [0.25, 0.3) is 0 Å². The predicted octanol–water partition coefficient (Wildman–Crippen LogP) is 6.22. The van der Waals surface area contributed by atoms with E-state index in [1.165, 1.54) is 7.11 Å². The average Bonchev–Trinajstić information content (AvgIpc) is 3.44. The van der Waals surface area contributed by atoms with Gasteiger partial charge in [-0.2, -0.15) is 0 Å². The molecular formula is C29H29FO5. The van der Waals surface area contributed by atoms with Crippen LogP contribution in [0.3, 0.4) is 0 Å². The molecule has 0 amide bonds. The number of hydrogen-bond donors (Lipinski definition) is 0. The van der Waals surface area contributed by atoms with Gasteiger partial charge in [-0.25, -0.2) is 4.39 Å². The lowest BCUT2D eigenvalue weighted by molar-refractivity contribution is -0.141. The molecule has 0 saturated heterocycles. The van der Waals surface area contributed by atoms with Gasteiger partial charge in [0.2, 0.25) is 0 Å². The first-order valence-electron chi connectivity index (χ1n) is 11.9. The van der Waals surface area contributed by atoms with Gasteiger partial charge in [0, 0.05) is 23.1 Å². The molecule has 0 fully saturated rings. The molecule has 1 heterocycles. The second-order valence-corrected chi connectivity index (χ2v) is 9.26. The average molecular weight is 477 g/mol. The minimum atomic E-state index is -0.380. The fraction of sp³-hybridized carbons (Fsp3) is 0.345. The number of fused-ring (bicyclic) bond motifs is 2. The van der Waals surface area contributed by atoms with Crippen molar-refractivity contribution in [3.05, 3.63) is 76.1 Å². The Morgan fingerprint density at radius 2 is 1.83 bits per heavy atom. The number of halogens is 1. The van der Waals surface area contributed by atoms with Gasteiger partial charge in [-0.05, 0) is 78.8 Å². The van der Waals surface area contributed by atoms with Crippen LogP contribution in [0, 0.1) is 19.7 Å². The molecule has 0 radical (unpaired) electrons. The van der Waals surface area contributed by atoms with E-state index in [2.05, 4.69) is 13.8 Å². The van der Waals surface area contributed by atoms with Crippen molar-refractivity contribution < 1.29 is 28.1 Å². The summed E-state index contributed by atoms with van der Waals surface area (Å²) < 4.78 is 37.4. The van der Waals surface area contributed by atoms with E-state index in [1.807, 2.05) is 36.4 Å². The summed E-state index contributed by atoms with van der Waals surface area (Å²) >= 11 is 0. The van der Waals surface area contributed by atoms with Crippen LogP contribution in [0.2, 0.25) is 0 Å². The second-order valence-electron chi connectivity index (χ2n) is 9.26. The Labute approximate surface area is 204 Å². The van der Waals surface area contributed by atoms with Crippen molar-refractivity contribution in [2.75, 3.05) is 20.8 Å². The molecule has 3 aromatic rings. The first-order valence-corrected chi connectivity index (χ1v) is 11.9. The highest BCUT2D eigenvalue weighted by Gasteiger charge is 2.32. The Kier molecular flexibility index (Phi) is 6.13. The van der Waals surface area contributed by atoms with E-state index in [9.17, 15) is 4.79 Å². The van der Waals surface area contributed by atoms with Gasteiger partial charge in [-0.15, -0.1) is 0 Å². The molecule has 0 bridgehead atoms. The Bertz CT molecular complexity index is 1280. The van der Waals surface area contributed by atoms with Crippen molar-refractivity contribution in [2.45, 2.75) is 45.1 Å². The maximum atomic E-state index is 15.1. The summed E-state index contributed by atoms with van der Waals surface area (Å²) in [6, 6.07) is 13.1. The molecule has 0 aromatic heterocycles. The zero-order valence-corrected chi connectivity index (χ0v) is 20.4. The highest BCUT2D eigenvalue weighted by atomic mass is 19.1. The molecule has 0 N–H and O–H groups in total. The van der Waals surface area contributed by atoms with E-state index < -0.39 is 0 Å². The normalized spacial score (nSPS) is 18.0. The minimum Gasteiger partial charge on any atom is -0.497 e. The lowest BCUT2D eigenvalue weighted by Gasteiger charge is -2.19. The lowest BCUT2D eigenvalue weighted by atomic mass is 9.90. The summed E-state index contributed by atoms with van der Waals surface area (Å²) in [6.07, 6.45) is 1.33. The van der Waals surface area contributed by atoms with Crippen molar-refractivity contribution in [1.29, 1.82) is 0 Å². The fourth-order valence-corrected chi connectivity index (χ4v) is 5.44. The van der Waals surface area contributed by atoms with Gasteiger partial charge in [0.15, 0.2) is 0 Å². The van der Waals surface area contributed by atoms with Crippen LogP contribution < -0.4 is 14.2 Å². The zero-order valence-electron chi connectivity index (χ0n) is 20.4. The summed E-state index contributed by atoms with van der Waals surface area (Å²) in [5.74, 6) is 1.61. The zero-order chi connectivity index (χ0) is 24.7. The molecule has 2 atom stereocenters. The number of methoxy groups -OCH3 is 2. The summed E-state index contributed by atoms with van der Waals surface area (Å²) in [5, 5.41) is 0. The Morgan fingerprint density at radius 1 is 1.06 bits per heavy atom. The SMILES string of the molecule is COC(=O)CC1COc2cc(OC3CCc4c(-c5c(C)cc(OC)cc5C)ccc(F)c43)ccc21. The number of carbonyl (C=O) groups excluding carboxylic acids is 1. The molecule has 2 unspecified atom stereocenters. The third kappa shape index (κ3) is 4.22. The van der Waals surface area contributed by atoms with E-state index in [-0.39, 0.29) is 30.2 Å². The van der Waals surface area contributed by atoms with Gasteiger partial charge < -0.3 is 18.9 Å². The number of hydrogen-bond acceptors (Lipinski definition) is 5. The Hall–Kier alpha value is -3.54. The predicted molar refractivity (Wildman–Crippen MR) is 131 cm³/mol. The lowest BCUT2D eigenvalue weighted by Crippen LogP contribution is -2.09. The van der Waals surface area contributed by atoms with E-state index >= 15 is 4.39 Å². The summed E-state index contributed by atoms with van der Waals surface area (Å²) in [5.41, 5.74) is 6.95. The number of ether oxygens (including phenoxy) is 4. The number of esters is 1. The standard InChI is InChI=1S/C29H29FO5/c1-16-11-20(32-3)12-17(2)28(16)22-7-9-24(30)29-23(22)8-10-25(29)35-19-5-6-21-18(13-27(31)33-4)15-34-26(21)14-19/h5-7,9,11-12,14,18,25H,8,10,13,15H2,1-4H3. The van der Waals surface area contributed by atoms with Crippen molar-refractivity contribution in [3.8, 4) is 28.4 Å². The fourth-order valence-electron chi connectivity index (χ4n) is 5.44. The molecule has 6 heteroatoms. The third-order valence-corrected chi connectivity index (χ3v) is 7.08. The van der Waals surface area contributed by atoms with Crippen LogP contribution in [0.1, 0.15) is 52.7 Å². The minimum absolute atomic E-state index is 0.0327. The molecule has 1 aliphatic heterocycles. The largest absolute Gasteiger partial charge is 0.497 e. The monoisotopic (exact) mass is 476 g/mol. The van der Waals surface area contributed by atoms with Crippen LogP contribution in [0.15, 0.2) is 42.5 Å². The second kappa shape index (κ2) is 9.25. The smallest absolute Gasteiger partial charge is 0.306 e. The highest BCUT2D eigenvalue weighted by Crippen LogP contribution is 2.45. The van der Waals surface area contributed by atoms with E-state index in [0.29, 0.717) is 30.1 Å². The molecule has 5 rings (SSSR count). The summed E-state index contributed by atoms with van der Waals surface area (Å²) in [6.45, 7) is 4.54. The molecule has 5 nitrogen and oxygen atoms in total. The number of benzene rings is 3. The molecule has 3 aromatic carbocycles. The van der Waals surface area contributed by atoms with Crippen LogP contribution in [0.25, 0.3) is 11.1 Å². The van der Waals surface area contributed by atoms with Crippen molar-refractivity contribution in [2.24, 2.45) is 0 Å². The molecule has 1 aliphatic carbocycles. The maximum Gasteiger partial charge on any atom is 0.306 e. The Morgan fingerprint density at radius 3 is 2.54 bits per heavy atom. The van der Waals surface area contributed by atoms with Crippen LogP contribution in [0.4, 0.5) is 4.39 Å². The van der Waals surface area contributed by atoms with Gasteiger partial charge in [-0.3, -0.25) is 4.79 Å². The van der Waals surface area contributed by atoms with E-state index in [4.69, 9.17) is 18.9 Å². The van der Waals surface area contributed by atoms with Gasteiger partial charge >= 0.3 is 5.97 Å². The molecule has 2 aliphatic rings. The van der Waals surface area contributed by atoms with Crippen LogP contribution in [-0.2, 0) is 16.0 Å². The highest BCUT2D eigenvalue weighted by molar-refractivity contribution is 5.76. The van der Waals surface area contributed by atoms with E-state index in [1.54, 1.807) is 13.2 Å². The van der Waals surface area contributed by atoms with Gasteiger partial charge in [-0.1, -0.05) is 12.1 Å². The topological polar surface area (TPSA) is 54.0 Å².